The molecule has 0 fully saturated rings. The summed E-state index contributed by atoms with van der Waals surface area (Å²) in [5.41, 5.74) is 0. The number of ether oxygens (including phenoxy) is 4. The molecule has 98 valence electrons. The fourth-order valence-corrected chi connectivity index (χ4v) is 1.84. The van der Waals surface area contributed by atoms with Gasteiger partial charge in [-0.2, -0.15) is 0 Å². The molecular formula is C12H26O4. The number of rotatable bonds is 10. The highest BCUT2D eigenvalue weighted by molar-refractivity contribution is 4.70. The van der Waals surface area contributed by atoms with Crippen LogP contribution in [0, 0.1) is 0 Å². The van der Waals surface area contributed by atoms with Crippen molar-refractivity contribution in [1.82, 2.24) is 0 Å². The van der Waals surface area contributed by atoms with E-state index in [1.165, 1.54) is 19.3 Å². The molecule has 0 saturated heterocycles. The second kappa shape index (κ2) is 8.93. The van der Waals surface area contributed by atoms with E-state index in [0.717, 1.165) is 12.8 Å². The van der Waals surface area contributed by atoms with Gasteiger partial charge in [0.1, 0.15) is 6.10 Å². The predicted molar refractivity (Wildman–Crippen MR) is 63.3 cm³/mol. The van der Waals surface area contributed by atoms with Gasteiger partial charge in [0, 0.05) is 28.4 Å². The number of unbranched alkanes of at least 4 members (excludes halogenated alkanes) is 3. The summed E-state index contributed by atoms with van der Waals surface area (Å²) in [5, 5.41) is 0. The Balaban J connectivity index is 4.21. The molecule has 0 aromatic carbocycles. The molecule has 0 N–H and O–H groups in total. The zero-order chi connectivity index (χ0) is 12.4. The number of methoxy groups -OCH3 is 4. The molecule has 0 aromatic rings. The van der Waals surface area contributed by atoms with Gasteiger partial charge in [-0.3, -0.25) is 0 Å². The molecule has 0 aromatic heterocycles. The van der Waals surface area contributed by atoms with Crippen LogP contribution in [0.5, 0.6) is 0 Å². The predicted octanol–water partition coefficient (Wildman–Crippen LogP) is 2.56. The summed E-state index contributed by atoms with van der Waals surface area (Å²) in [4.78, 5) is 0. The molecule has 0 rings (SSSR count). The summed E-state index contributed by atoms with van der Waals surface area (Å²) in [5.74, 6) is -1.08. The number of hydrogen-bond acceptors (Lipinski definition) is 4. The third-order valence-electron chi connectivity index (χ3n) is 2.85. The Kier molecular flexibility index (Phi) is 8.84. The average Bonchev–Trinajstić information content (AvgIpc) is 2.34. The summed E-state index contributed by atoms with van der Waals surface area (Å²) in [6, 6.07) is 0. The van der Waals surface area contributed by atoms with E-state index in [4.69, 9.17) is 18.9 Å². The minimum Gasteiger partial charge on any atom is -0.373 e. The van der Waals surface area contributed by atoms with E-state index >= 15 is 0 Å². The lowest BCUT2D eigenvalue weighted by molar-refractivity contribution is -0.391. The van der Waals surface area contributed by atoms with E-state index in [-0.39, 0.29) is 6.10 Å². The lowest BCUT2D eigenvalue weighted by Gasteiger charge is -2.35. The van der Waals surface area contributed by atoms with Gasteiger partial charge in [0.15, 0.2) is 0 Å². The zero-order valence-electron chi connectivity index (χ0n) is 11.2. The molecule has 4 heteroatoms. The van der Waals surface area contributed by atoms with Gasteiger partial charge < -0.3 is 18.9 Å². The van der Waals surface area contributed by atoms with Gasteiger partial charge in [-0.25, -0.2) is 0 Å². The third-order valence-corrected chi connectivity index (χ3v) is 2.85. The molecule has 0 radical (unpaired) electrons. The van der Waals surface area contributed by atoms with Crippen LogP contribution in [0.4, 0.5) is 0 Å². The van der Waals surface area contributed by atoms with E-state index in [1.54, 1.807) is 28.4 Å². The highest BCUT2D eigenvalue weighted by atomic mass is 16.9. The van der Waals surface area contributed by atoms with Crippen LogP contribution in [-0.4, -0.2) is 40.5 Å². The highest BCUT2D eigenvalue weighted by Gasteiger charge is 2.40. The van der Waals surface area contributed by atoms with Gasteiger partial charge in [-0.05, 0) is 6.42 Å². The summed E-state index contributed by atoms with van der Waals surface area (Å²) in [6.07, 6.45) is 5.42. The van der Waals surface area contributed by atoms with Crippen LogP contribution in [0.3, 0.4) is 0 Å². The van der Waals surface area contributed by atoms with Crippen molar-refractivity contribution in [3.05, 3.63) is 0 Å². The Morgan fingerprint density at radius 2 is 1.44 bits per heavy atom. The second-order valence-corrected chi connectivity index (χ2v) is 3.79. The molecule has 1 unspecified atom stereocenters. The molecule has 4 nitrogen and oxygen atoms in total. The third kappa shape index (κ3) is 4.37. The maximum atomic E-state index is 5.39. The molecule has 16 heavy (non-hydrogen) atoms. The van der Waals surface area contributed by atoms with Crippen LogP contribution in [-0.2, 0) is 18.9 Å². The molecule has 0 bridgehead atoms. The van der Waals surface area contributed by atoms with Crippen LogP contribution >= 0.6 is 0 Å². The van der Waals surface area contributed by atoms with E-state index in [0.29, 0.717) is 0 Å². The lowest BCUT2D eigenvalue weighted by Crippen LogP contribution is -2.48. The molecule has 0 aliphatic rings. The summed E-state index contributed by atoms with van der Waals surface area (Å²) in [6.45, 7) is 2.19. The van der Waals surface area contributed by atoms with E-state index in [9.17, 15) is 0 Å². The first-order valence-corrected chi connectivity index (χ1v) is 5.89. The second-order valence-electron chi connectivity index (χ2n) is 3.79. The van der Waals surface area contributed by atoms with Crippen molar-refractivity contribution < 1.29 is 18.9 Å². The Morgan fingerprint density at radius 1 is 0.875 bits per heavy atom. The first-order chi connectivity index (χ1) is 7.70. The van der Waals surface area contributed by atoms with E-state index in [1.807, 2.05) is 0 Å². The van der Waals surface area contributed by atoms with Gasteiger partial charge >= 0.3 is 5.97 Å². The Labute approximate surface area is 99.2 Å². The number of hydrogen-bond donors (Lipinski definition) is 0. The van der Waals surface area contributed by atoms with Crippen LogP contribution < -0.4 is 0 Å². The largest absolute Gasteiger partial charge is 0.373 e. The first kappa shape index (κ1) is 15.8. The van der Waals surface area contributed by atoms with Crippen molar-refractivity contribution in [3.63, 3.8) is 0 Å². The fourth-order valence-electron chi connectivity index (χ4n) is 1.84. The lowest BCUT2D eigenvalue weighted by atomic mass is 10.1. The SMILES string of the molecule is CCCCCCC(OC)C(OC)(OC)OC. The van der Waals surface area contributed by atoms with Crippen molar-refractivity contribution in [2.24, 2.45) is 0 Å². The maximum Gasteiger partial charge on any atom is 0.310 e. The Morgan fingerprint density at radius 3 is 1.81 bits per heavy atom. The smallest absolute Gasteiger partial charge is 0.310 e. The summed E-state index contributed by atoms with van der Waals surface area (Å²) < 4.78 is 21.2. The van der Waals surface area contributed by atoms with E-state index < -0.39 is 5.97 Å². The van der Waals surface area contributed by atoms with Gasteiger partial charge in [0.05, 0.1) is 0 Å². The molecular weight excluding hydrogens is 208 g/mol. The Bertz CT molecular complexity index is 149. The normalized spacial score (nSPS) is 14.1. The van der Waals surface area contributed by atoms with Crippen LogP contribution in [0.1, 0.15) is 39.0 Å². The molecule has 0 spiro atoms. The summed E-state index contributed by atoms with van der Waals surface area (Å²) >= 11 is 0. The van der Waals surface area contributed by atoms with Crippen LogP contribution in [0.25, 0.3) is 0 Å². The maximum absolute atomic E-state index is 5.39. The molecule has 1 atom stereocenters. The van der Waals surface area contributed by atoms with Gasteiger partial charge in [0.2, 0.25) is 0 Å². The fraction of sp³-hybridized carbons (Fsp3) is 1.00. The van der Waals surface area contributed by atoms with Crippen LogP contribution in [0.15, 0.2) is 0 Å². The van der Waals surface area contributed by atoms with Crippen molar-refractivity contribution in [1.29, 1.82) is 0 Å². The van der Waals surface area contributed by atoms with Gasteiger partial charge in [-0.15, -0.1) is 0 Å². The molecule has 0 aliphatic heterocycles. The average molecular weight is 234 g/mol. The standard InChI is InChI=1S/C12H26O4/c1-6-7-8-9-10-11(13-2)12(14-3,15-4)16-5/h11H,6-10H2,1-5H3. The molecule has 0 saturated carbocycles. The van der Waals surface area contributed by atoms with E-state index in [2.05, 4.69) is 6.92 Å². The monoisotopic (exact) mass is 234 g/mol. The minimum absolute atomic E-state index is 0.204. The van der Waals surface area contributed by atoms with Crippen LogP contribution in [0.2, 0.25) is 0 Å². The molecule has 0 aliphatic carbocycles. The van der Waals surface area contributed by atoms with Crippen molar-refractivity contribution >= 4 is 0 Å². The molecule has 0 amide bonds. The summed E-state index contributed by atoms with van der Waals surface area (Å²) in [7, 11) is 6.33. The highest BCUT2D eigenvalue weighted by Crippen LogP contribution is 2.24. The van der Waals surface area contributed by atoms with Gasteiger partial charge in [0.25, 0.3) is 0 Å². The minimum atomic E-state index is -1.08. The Hall–Kier alpha value is -0.160. The quantitative estimate of drug-likeness (QED) is 0.430. The van der Waals surface area contributed by atoms with Gasteiger partial charge in [-0.1, -0.05) is 32.6 Å². The first-order valence-electron chi connectivity index (χ1n) is 5.89. The topological polar surface area (TPSA) is 36.9 Å². The van der Waals surface area contributed by atoms with Crippen molar-refractivity contribution in [3.8, 4) is 0 Å². The zero-order valence-corrected chi connectivity index (χ0v) is 11.2. The van der Waals surface area contributed by atoms with Crippen molar-refractivity contribution in [2.75, 3.05) is 28.4 Å². The van der Waals surface area contributed by atoms with Crippen molar-refractivity contribution in [2.45, 2.75) is 51.1 Å². The molecule has 0 heterocycles.